The number of methoxy groups -OCH3 is 3. The normalized spacial score (nSPS) is 14.6. The first kappa shape index (κ1) is 26.6. The van der Waals surface area contributed by atoms with Gasteiger partial charge in [-0.3, -0.25) is 0 Å². The molecule has 2 rings (SSSR count). The summed E-state index contributed by atoms with van der Waals surface area (Å²) in [5, 5.41) is 6.66. The van der Waals surface area contributed by atoms with E-state index in [4.69, 9.17) is 18.9 Å². The smallest absolute Gasteiger partial charge is 0.203 e. The molecule has 172 valence electrons. The lowest BCUT2D eigenvalue weighted by atomic mass is 9.98. The van der Waals surface area contributed by atoms with Gasteiger partial charge < -0.3 is 29.6 Å². The van der Waals surface area contributed by atoms with E-state index in [0.29, 0.717) is 29.9 Å². The molecule has 0 aromatic heterocycles. The number of rotatable bonds is 11. The van der Waals surface area contributed by atoms with Crippen molar-refractivity contribution in [3.05, 3.63) is 17.7 Å². The number of ether oxygens (including phenoxy) is 4. The molecule has 1 aromatic rings. The fraction of sp³-hybridized carbons (Fsp3) is 0.682. The summed E-state index contributed by atoms with van der Waals surface area (Å²) in [5.74, 6) is 2.65. The molecule has 0 bridgehead atoms. The van der Waals surface area contributed by atoms with E-state index in [-0.39, 0.29) is 24.0 Å². The fourth-order valence-corrected chi connectivity index (χ4v) is 3.55. The summed E-state index contributed by atoms with van der Waals surface area (Å²) in [6.45, 7) is 4.94. The molecule has 1 aliphatic rings. The second-order valence-electron chi connectivity index (χ2n) is 7.10. The van der Waals surface area contributed by atoms with Gasteiger partial charge in [0.15, 0.2) is 17.5 Å². The highest BCUT2D eigenvalue weighted by Crippen LogP contribution is 2.39. The van der Waals surface area contributed by atoms with Crippen LogP contribution >= 0.6 is 24.0 Å². The summed E-state index contributed by atoms with van der Waals surface area (Å²) in [6, 6.07) is 3.82. The Labute approximate surface area is 198 Å². The predicted octanol–water partition coefficient (Wildman–Crippen LogP) is 4.12. The second-order valence-corrected chi connectivity index (χ2v) is 7.10. The zero-order valence-electron chi connectivity index (χ0n) is 18.8. The molecule has 0 aliphatic heterocycles. The first-order valence-corrected chi connectivity index (χ1v) is 10.6. The van der Waals surface area contributed by atoms with Crippen LogP contribution in [0.15, 0.2) is 17.1 Å². The number of guanidine groups is 1. The molecule has 1 aromatic carbocycles. The van der Waals surface area contributed by atoms with Crippen LogP contribution in [-0.4, -0.2) is 53.1 Å². The van der Waals surface area contributed by atoms with Crippen LogP contribution in [0.2, 0.25) is 0 Å². The van der Waals surface area contributed by atoms with Crippen LogP contribution in [0.1, 0.15) is 51.0 Å². The summed E-state index contributed by atoms with van der Waals surface area (Å²) in [4.78, 5) is 4.69. The maximum Gasteiger partial charge on any atom is 0.203 e. The number of hydrogen-bond acceptors (Lipinski definition) is 5. The molecule has 0 saturated heterocycles. The fourth-order valence-electron chi connectivity index (χ4n) is 3.55. The minimum absolute atomic E-state index is 0. The van der Waals surface area contributed by atoms with Gasteiger partial charge in [-0.05, 0) is 38.3 Å². The molecule has 0 spiro atoms. The first-order chi connectivity index (χ1) is 14.2. The maximum absolute atomic E-state index is 5.99. The molecular weight excluding hydrogens is 497 g/mol. The zero-order valence-corrected chi connectivity index (χ0v) is 21.1. The average Bonchev–Trinajstić information content (AvgIpc) is 2.76. The van der Waals surface area contributed by atoms with Crippen molar-refractivity contribution in [2.75, 3.05) is 41.0 Å². The zero-order chi connectivity index (χ0) is 20.9. The van der Waals surface area contributed by atoms with Gasteiger partial charge in [-0.15, -0.1) is 24.0 Å². The van der Waals surface area contributed by atoms with E-state index in [1.54, 1.807) is 21.3 Å². The standard InChI is InChI=1S/C22H37N3O4.HI/c1-5-23-22(24-14-9-15-29-18-10-7-6-8-11-18)25-16-17-12-13-19(26-2)21(28-4)20(17)27-3;/h12-13,18H,5-11,14-16H2,1-4H3,(H2,23,24,25);1H. The third-order valence-electron chi connectivity index (χ3n) is 5.06. The third kappa shape index (κ3) is 8.37. The molecule has 1 aliphatic carbocycles. The molecule has 2 N–H and O–H groups in total. The second kappa shape index (κ2) is 15.4. The Morgan fingerprint density at radius 2 is 1.73 bits per heavy atom. The van der Waals surface area contributed by atoms with E-state index in [0.717, 1.165) is 37.6 Å². The summed E-state index contributed by atoms with van der Waals surface area (Å²) in [7, 11) is 4.84. The number of nitrogens with one attached hydrogen (secondary N) is 2. The van der Waals surface area contributed by atoms with Gasteiger partial charge in [0, 0.05) is 25.3 Å². The van der Waals surface area contributed by atoms with E-state index in [2.05, 4.69) is 22.5 Å². The minimum Gasteiger partial charge on any atom is -0.493 e. The summed E-state index contributed by atoms with van der Waals surface area (Å²) in [6.07, 6.45) is 7.81. The SMILES string of the molecule is CCNC(=NCc1ccc(OC)c(OC)c1OC)NCCCOC1CCCCC1.I. The lowest BCUT2D eigenvalue weighted by Gasteiger charge is -2.22. The number of hydrogen-bond donors (Lipinski definition) is 2. The Morgan fingerprint density at radius 3 is 2.37 bits per heavy atom. The molecule has 1 fully saturated rings. The molecule has 7 nitrogen and oxygen atoms in total. The van der Waals surface area contributed by atoms with E-state index in [1.807, 2.05) is 12.1 Å². The van der Waals surface area contributed by atoms with Gasteiger partial charge in [0.1, 0.15) is 0 Å². The Hall–Kier alpha value is -1.42. The van der Waals surface area contributed by atoms with E-state index < -0.39 is 0 Å². The summed E-state index contributed by atoms with van der Waals surface area (Å²) in [5.41, 5.74) is 0.933. The monoisotopic (exact) mass is 535 g/mol. The summed E-state index contributed by atoms with van der Waals surface area (Å²) >= 11 is 0. The summed E-state index contributed by atoms with van der Waals surface area (Å²) < 4.78 is 22.3. The van der Waals surface area contributed by atoms with Crippen LogP contribution in [0, 0.1) is 0 Å². The Kier molecular flexibility index (Phi) is 13.7. The highest BCUT2D eigenvalue weighted by Gasteiger charge is 2.16. The van der Waals surface area contributed by atoms with Crippen LogP contribution in [0.25, 0.3) is 0 Å². The van der Waals surface area contributed by atoms with Gasteiger partial charge in [-0.2, -0.15) is 0 Å². The number of aliphatic imine (C=N–C) groups is 1. The van der Waals surface area contributed by atoms with Crippen LogP contribution in [0.4, 0.5) is 0 Å². The Balaban J connectivity index is 0.00000450. The number of benzene rings is 1. The average molecular weight is 535 g/mol. The minimum atomic E-state index is 0. The predicted molar refractivity (Wildman–Crippen MR) is 132 cm³/mol. The topological polar surface area (TPSA) is 73.3 Å². The molecule has 30 heavy (non-hydrogen) atoms. The molecule has 0 heterocycles. The van der Waals surface area contributed by atoms with Crippen LogP contribution in [0.3, 0.4) is 0 Å². The van der Waals surface area contributed by atoms with Gasteiger partial charge >= 0.3 is 0 Å². The van der Waals surface area contributed by atoms with Gasteiger partial charge in [0.25, 0.3) is 0 Å². The molecule has 0 atom stereocenters. The van der Waals surface area contributed by atoms with Gasteiger partial charge in [-0.25, -0.2) is 4.99 Å². The first-order valence-electron chi connectivity index (χ1n) is 10.6. The lowest BCUT2D eigenvalue weighted by molar-refractivity contribution is 0.0277. The molecular formula is C22H38IN3O4. The van der Waals surface area contributed by atoms with Crippen molar-refractivity contribution < 1.29 is 18.9 Å². The third-order valence-corrected chi connectivity index (χ3v) is 5.06. The van der Waals surface area contributed by atoms with Crippen molar-refractivity contribution in [2.24, 2.45) is 4.99 Å². The highest BCUT2D eigenvalue weighted by atomic mass is 127. The highest BCUT2D eigenvalue weighted by molar-refractivity contribution is 14.0. The van der Waals surface area contributed by atoms with Gasteiger partial charge in [-0.1, -0.05) is 19.3 Å². The molecule has 0 radical (unpaired) electrons. The van der Waals surface area contributed by atoms with Crippen molar-refractivity contribution in [2.45, 2.75) is 58.1 Å². The number of halogens is 1. The van der Waals surface area contributed by atoms with E-state index >= 15 is 0 Å². The van der Waals surface area contributed by atoms with E-state index in [9.17, 15) is 0 Å². The quantitative estimate of drug-likeness (QED) is 0.192. The van der Waals surface area contributed by atoms with Crippen molar-refractivity contribution in [1.29, 1.82) is 0 Å². The van der Waals surface area contributed by atoms with Crippen molar-refractivity contribution in [3.63, 3.8) is 0 Å². The molecule has 8 heteroatoms. The molecule has 0 amide bonds. The van der Waals surface area contributed by atoms with Crippen LogP contribution in [-0.2, 0) is 11.3 Å². The van der Waals surface area contributed by atoms with Crippen LogP contribution in [0.5, 0.6) is 17.2 Å². The number of nitrogens with zero attached hydrogens (tertiary/aromatic N) is 1. The van der Waals surface area contributed by atoms with Crippen LogP contribution < -0.4 is 24.8 Å². The Morgan fingerprint density at radius 1 is 1.00 bits per heavy atom. The lowest BCUT2D eigenvalue weighted by Crippen LogP contribution is -2.38. The molecule has 1 saturated carbocycles. The van der Waals surface area contributed by atoms with Crippen molar-refractivity contribution in [3.8, 4) is 17.2 Å². The van der Waals surface area contributed by atoms with Gasteiger partial charge in [0.05, 0.1) is 34.0 Å². The van der Waals surface area contributed by atoms with Crippen molar-refractivity contribution in [1.82, 2.24) is 10.6 Å². The maximum atomic E-state index is 5.99. The van der Waals surface area contributed by atoms with Crippen molar-refractivity contribution >= 4 is 29.9 Å². The van der Waals surface area contributed by atoms with Gasteiger partial charge in [0.2, 0.25) is 5.75 Å². The Bertz CT molecular complexity index is 637. The molecule has 0 unspecified atom stereocenters. The largest absolute Gasteiger partial charge is 0.493 e. The van der Waals surface area contributed by atoms with E-state index in [1.165, 1.54) is 32.1 Å².